The van der Waals surface area contributed by atoms with Crippen LogP contribution in [-0.4, -0.2) is 45.5 Å². The smallest absolute Gasteiger partial charge is 0.329 e. The molecule has 7 heteroatoms. The van der Waals surface area contributed by atoms with Crippen LogP contribution in [0.3, 0.4) is 0 Å². The molecule has 29 heavy (non-hydrogen) atoms. The summed E-state index contributed by atoms with van der Waals surface area (Å²) in [4.78, 5) is 24.2. The molecule has 0 radical (unpaired) electrons. The summed E-state index contributed by atoms with van der Waals surface area (Å²) in [6.07, 6.45) is 1.35. The number of hydrogen-bond acceptors (Lipinski definition) is 4. The average Bonchev–Trinajstić information content (AvgIpc) is 2.95. The number of carbonyl (C=O) groups excluding carboxylic acids is 1. The summed E-state index contributed by atoms with van der Waals surface area (Å²) in [6.45, 7) is 7.39. The lowest BCUT2D eigenvalue weighted by molar-refractivity contribution is -0.152. The first-order valence-corrected chi connectivity index (χ1v) is 10.0. The van der Waals surface area contributed by atoms with Crippen LogP contribution in [0.15, 0.2) is 24.3 Å². The molecule has 1 fully saturated rings. The van der Waals surface area contributed by atoms with E-state index in [2.05, 4.69) is 41.6 Å². The summed E-state index contributed by atoms with van der Waals surface area (Å²) in [6, 6.07) is 8.36. The fourth-order valence-electron chi connectivity index (χ4n) is 3.80. The molecule has 156 valence electrons. The zero-order valence-electron chi connectivity index (χ0n) is 17.3. The fourth-order valence-corrected chi connectivity index (χ4v) is 3.80. The van der Waals surface area contributed by atoms with Crippen molar-refractivity contribution in [1.29, 1.82) is 0 Å². The highest BCUT2D eigenvalue weighted by Crippen LogP contribution is 2.22. The topological polar surface area (TPSA) is 93.5 Å². The molecular weight excluding hydrogens is 370 g/mol. The zero-order valence-corrected chi connectivity index (χ0v) is 17.3. The van der Waals surface area contributed by atoms with Crippen molar-refractivity contribution in [1.82, 2.24) is 15.1 Å². The van der Waals surface area contributed by atoms with Crippen molar-refractivity contribution in [3.8, 4) is 0 Å². The predicted octanol–water partition coefficient (Wildman–Crippen LogP) is 2.54. The van der Waals surface area contributed by atoms with Crippen LogP contribution < -0.4 is 5.32 Å². The van der Waals surface area contributed by atoms with E-state index in [1.807, 2.05) is 18.5 Å². The second-order valence-electron chi connectivity index (χ2n) is 7.84. The summed E-state index contributed by atoms with van der Waals surface area (Å²) in [5, 5.41) is 17.0. The maximum Gasteiger partial charge on any atom is 0.329 e. The summed E-state index contributed by atoms with van der Waals surface area (Å²) in [7, 11) is 0. The molecule has 1 amide bonds. The molecule has 1 aliphatic rings. The summed E-state index contributed by atoms with van der Waals surface area (Å²) >= 11 is 0. The van der Waals surface area contributed by atoms with Gasteiger partial charge in [0.1, 0.15) is 5.54 Å². The van der Waals surface area contributed by atoms with Crippen LogP contribution >= 0.6 is 0 Å². The molecule has 0 aliphatic carbocycles. The fraction of sp³-hybridized carbons (Fsp3) is 0.500. The SMILES string of the molecule is Cc1ccc(Cn2nc(C)c(CCC(=O)NC3(C(=O)O)CCOCC3)c2C)cc1. The number of nitrogens with one attached hydrogen (secondary N) is 1. The number of benzene rings is 1. The Balaban J connectivity index is 1.64. The number of amides is 1. The van der Waals surface area contributed by atoms with Crippen LogP contribution in [-0.2, 0) is 27.3 Å². The predicted molar refractivity (Wildman–Crippen MR) is 109 cm³/mol. The Morgan fingerprint density at radius 1 is 1.17 bits per heavy atom. The Labute approximate surface area is 171 Å². The summed E-state index contributed by atoms with van der Waals surface area (Å²) in [5.41, 5.74) is 4.17. The van der Waals surface area contributed by atoms with Gasteiger partial charge in [-0.1, -0.05) is 29.8 Å². The number of aromatic nitrogens is 2. The molecule has 1 aromatic heterocycles. The molecule has 0 unspecified atom stereocenters. The molecule has 0 spiro atoms. The minimum Gasteiger partial charge on any atom is -0.480 e. The maximum absolute atomic E-state index is 12.5. The molecule has 1 aromatic carbocycles. The van der Waals surface area contributed by atoms with E-state index in [1.165, 1.54) is 11.1 Å². The largest absolute Gasteiger partial charge is 0.480 e. The zero-order chi connectivity index (χ0) is 21.0. The van der Waals surface area contributed by atoms with Crippen LogP contribution in [0.2, 0.25) is 0 Å². The van der Waals surface area contributed by atoms with E-state index in [4.69, 9.17) is 4.74 Å². The van der Waals surface area contributed by atoms with Gasteiger partial charge in [-0.2, -0.15) is 5.10 Å². The van der Waals surface area contributed by atoms with Crippen molar-refractivity contribution in [3.63, 3.8) is 0 Å². The van der Waals surface area contributed by atoms with Gasteiger partial charge in [-0.25, -0.2) is 4.79 Å². The minimum absolute atomic E-state index is 0.230. The van der Waals surface area contributed by atoms with Gasteiger partial charge in [0.15, 0.2) is 0 Å². The van der Waals surface area contributed by atoms with Crippen LogP contribution in [0.5, 0.6) is 0 Å². The Hall–Kier alpha value is -2.67. The molecule has 0 atom stereocenters. The van der Waals surface area contributed by atoms with Crippen molar-refractivity contribution in [2.45, 2.75) is 58.5 Å². The highest BCUT2D eigenvalue weighted by Gasteiger charge is 2.41. The molecule has 7 nitrogen and oxygen atoms in total. The van der Waals surface area contributed by atoms with Crippen molar-refractivity contribution in [2.75, 3.05) is 13.2 Å². The van der Waals surface area contributed by atoms with Gasteiger partial charge in [0, 0.05) is 38.2 Å². The number of hydrogen-bond donors (Lipinski definition) is 2. The van der Waals surface area contributed by atoms with E-state index in [9.17, 15) is 14.7 Å². The van der Waals surface area contributed by atoms with Crippen molar-refractivity contribution in [2.24, 2.45) is 0 Å². The third-order valence-electron chi connectivity index (χ3n) is 5.72. The number of rotatable bonds is 7. The molecule has 2 N–H and O–H groups in total. The van der Waals surface area contributed by atoms with Gasteiger partial charge in [-0.05, 0) is 38.3 Å². The lowest BCUT2D eigenvalue weighted by atomic mass is 9.90. The van der Waals surface area contributed by atoms with E-state index in [1.54, 1.807) is 0 Å². The molecular formula is C22H29N3O4. The first kappa shape index (κ1) is 21.0. The van der Waals surface area contributed by atoms with Gasteiger partial charge in [-0.15, -0.1) is 0 Å². The van der Waals surface area contributed by atoms with Crippen LogP contribution in [0, 0.1) is 20.8 Å². The Morgan fingerprint density at radius 3 is 2.45 bits per heavy atom. The van der Waals surface area contributed by atoms with Gasteiger partial charge in [0.05, 0.1) is 12.2 Å². The van der Waals surface area contributed by atoms with Crippen molar-refractivity contribution >= 4 is 11.9 Å². The second-order valence-corrected chi connectivity index (χ2v) is 7.84. The maximum atomic E-state index is 12.5. The number of aryl methyl sites for hydroxylation is 2. The summed E-state index contributed by atoms with van der Waals surface area (Å²) in [5.74, 6) is -1.24. The lowest BCUT2D eigenvalue weighted by Crippen LogP contribution is -2.57. The molecule has 1 aliphatic heterocycles. The monoisotopic (exact) mass is 399 g/mol. The van der Waals surface area contributed by atoms with E-state index in [0.29, 0.717) is 39.0 Å². The Morgan fingerprint density at radius 2 is 1.83 bits per heavy atom. The highest BCUT2D eigenvalue weighted by atomic mass is 16.5. The van der Waals surface area contributed by atoms with Crippen LogP contribution in [0.4, 0.5) is 0 Å². The van der Waals surface area contributed by atoms with Gasteiger partial charge in [0.25, 0.3) is 0 Å². The normalized spacial score (nSPS) is 15.8. The first-order chi connectivity index (χ1) is 13.8. The minimum atomic E-state index is -1.21. The lowest BCUT2D eigenvalue weighted by Gasteiger charge is -2.33. The van der Waals surface area contributed by atoms with E-state index in [-0.39, 0.29) is 12.3 Å². The quantitative estimate of drug-likeness (QED) is 0.746. The molecule has 3 rings (SSSR count). The van der Waals surface area contributed by atoms with Gasteiger partial charge < -0.3 is 15.2 Å². The van der Waals surface area contributed by atoms with E-state index < -0.39 is 11.5 Å². The Bertz CT molecular complexity index is 880. The number of ether oxygens (including phenoxy) is 1. The third-order valence-corrected chi connectivity index (χ3v) is 5.72. The third kappa shape index (κ3) is 4.85. The number of carboxylic acid groups (broad SMARTS) is 1. The van der Waals surface area contributed by atoms with E-state index in [0.717, 1.165) is 17.0 Å². The molecule has 0 bridgehead atoms. The first-order valence-electron chi connectivity index (χ1n) is 10.0. The van der Waals surface area contributed by atoms with Gasteiger partial charge in [0.2, 0.25) is 5.91 Å². The second kappa shape index (κ2) is 8.78. The number of nitrogens with zero attached hydrogens (tertiary/aromatic N) is 2. The van der Waals surface area contributed by atoms with Gasteiger partial charge >= 0.3 is 5.97 Å². The standard InChI is InChI=1S/C22H29N3O4/c1-15-4-6-18(7-5-15)14-25-17(3)19(16(2)24-25)8-9-20(26)23-22(21(27)28)10-12-29-13-11-22/h4-7H,8-14H2,1-3H3,(H,23,26)(H,27,28). The van der Waals surface area contributed by atoms with E-state index >= 15 is 0 Å². The van der Waals surface area contributed by atoms with Crippen LogP contribution in [0.1, 0.15) is 47.3 Å². The molecule has 2 heterocycles. The average molecular weight is 399 g/mol. The molecule has 0 saturated carbocycles. The van der Waals surface area contributed by atoms with Crippen molar-refractivity contribution < 1.29 is 19.4 Å². The molecule has 2 aromatic rings. The van der Waals surface area contributed by atoms with Crippen molar-refractivity contribution in [3.05, 3.63) is 52.3 Å². The Kier molecular flexibility index (Phi) is 6.37. The molecule has 1 saturated heterocycles. The highest BCUT2D eigenvalue weighted by molar-refractivity contribution is 5.87. The van der Waals surface area contributed by atoms with Gasteiger partial charge in [-0.3, -0.25) is 9.48 Å². The number of aliphatic carboxylic acids is 1. The van der Waals surface area contributed by atoms with Crippen LogP contribution in [0.25, 0.3) is 0 Å². The summed E-state index contributed by atoms with van der Waals surface area (Å²) < 4.78 is 7.21. The number of carbonyl (C=O) groups is 2. The number of carboxylic acids is 1.